The van der Waals surface area contributed by atoms with Crippen molar-refractivity contribution >= 4 is 142 Å². The van der Waals surface area contributed by atoms with E-state index in [1.165, 1.54) is 405 Å². The maximum atomic E-state index is 13.5. The van der Waals surface area contributed by atoms with Gasteiger partial charge in [0.25, 0.3) is 0 Å². The number of unbranched alkanes of at least 4 members (excludes halogenated alkanes) is 40. The highest BCUT2D eigenvalue weighted by molar-refractivity contribution is 7.35. The van der Waals surface area contributed by atoms with Crippen molar-refractivity contribution in [3.63, 3.8) is 0 Å². The monoisotopic (exact) mass is 1360 g/mol. The minimum Gasteiger partial charge on any atom is -0.337 e. The fraction of sp³-hybridized carbons (Fsp3) is 0.756. The van der Waals surface area contributed by atoms with Gasteiger partial charge in [0.15, 0.2) is 12.6 Å². The number of carbonyl (C=O) groups excluding carboxylic acids is 2. The molecule has 0 aliphatic carbocycles. The molecule has 520 valence electrons. The lowest BCUT2D eigenvalue weighted by atomic mass is 9.93. The third-order valence-corrected chi connectivity index (χ3v) is 27.1. The third kappa shape index (κ3) is 21.7. The molecule has 0 amide bonds. The number of thiophene rings is 4. The molecule has 0 N–H and O–H groups in total. The van der Waals surface area contributed by atoms with Crippen LogP contribution >= 0.6 is 57.1 Å². The summed E-state index contributed by atoms with van der Waals surface area (Å²) in [6.45, 7) is 16.0. The normalized spacial score (nSPS) is 13.0. The van der Waals surface area contributed by atoms with E-state index in [0.29, 0.717) is 11.8 Å². The summed E-state index contributed by atoms with van der Waals surface area (Å²) in [4.78, 5) is 28.9. The molecule has 93 heavy (non-hydrogen) atoms. The molecular formula is C82H130N4O2S5. The first-order valence-corrected chi connectivity index (χ1v) is 43.9. The Balaban J connectivity index is 1.30. The number of hydrogen-bond donors (Lipinski definition) is 0. The summed E-state index contributed by atoms with van der Waals surface area (Å²) in [6.07, 6.45) is 70.2. The van der Waals surface area contributed by atoms with Gasteiger partial charge < -0.3 is 9.13 Å². The summed E-state index contributed by atoms with van der Waals surface area (Å²) in [7, 11) is 0. The van der Waals surface area contributed by atoms with Crippen molar-refractivity contribution in [1.82, 2.24) is 17.9 Å². The molecule has 2 atom stereocenters. The average molecular weight is 1360 g/mol. The SMILES string of the molecule is CCCCCCCCCCCc1c(C=O)sc2c1sc1c3c4nsnc4c4c5sc6c(CCCCCCCCCCC)c(C=O)sc6c5n(CC(CCCCCCCC)CCCCCCCCCC)c4c3n(CC(CCCCCCCC)CCCCCCCCCC)c21. The van der Waals surface area contributed by atoms with Crippen LogP contribution in [-0.2, 0) is 25.9 Å². The maximum absolute atomic E-state index is 13.5. The molecule has 0 fully saturated rings. The van der Waals surface area contributed by atoms with Gasteiger partial charge in [0, 0.05) is 23.9 Å². The molecule has 2 unspecified atom stereocenters. The van der Waals surface area contributed by atoms with Crippen molar-refractivity contribution in [3.05, 3.63) is 20.9 Å². The number of rotatable bonds is 58. The van der Waals surface area contributed by atoms with Gasteiger partial charge >= 0.3 is 0 Å². The lowest BCUT2D eigenvalue weighted by molar-refractivity contribution is 0.111. The second-order valence-corrected chi connectivity index (χ2v) is 33.8. The molecule has 8 rings (SSSR count). The van der Waals surface area contributed by atoms with Gasteiger partial charge in [0.05, 0.1) is 71.7 Å². The fourth-order valence-electron chi connectivity index (χ4n) is 15.9. The Kier molecular flexibility index (Phi) is 35.7. The third-order valence-electron chi connectivity index (χ3n) is 21.5. The zero-order chi connectivity index (χ0) is 65.2. The molecule has 0 saturated heterocycles. The number of fused-ring (bicyclic) bond motifs is 14. The van der Waals surface area contributed by atoms with Crippen LogP contribution in [0.1, 0.15) is 393 Å². The Hall–Kier alpha value is -2.70. The maximum Gasteiger partial charge on any atom is 0.160 e. The number of carbonyl (C=O) groups is 2. The van der Waals surface area contributed by atoms with Gasteiger partial charge in [-0.3, -0.25) is 9.59 Å². The molecule has 6 nitrogen and oxygen atoms in total. The number of aryl methyl sites for hydroxylation is 2. The Morgan fingerprint density at radius 3 is 0.828 bits per heavy atom. The summed E-state index contributed by atoms with van der Waals surface area (Å²) < 4.78 is 24.8. The Bertz CT molecular complexity index is 3140. The minimum absolute atomic E-state index is 0.547. The van der Waals surface area contributed by atoms with E-state index in [1.807, 2.05) is 22.7 Å². The van der Waals surface area contributed by atoms with Crippen molar-refractivity contribution in [3.8, 4) is 0 Å². The lowest BCUT2D eigenvalue weighted by Gasteiger charge is -2.22. The molecule has 0 radical (unpaired) electrons. The van der Waals surface area contributed by atoms with Crippen LogP contribution in [0.3, 0.4) is 0 Å². The predicted molar refractivity (Wildman–Crippen MR) is 420 cm³/mol. The number of aromatic nitrogens is 4. The van der Waals surface area contributed by atoms with Crippen LogP contribution in [0.2, 0.25) is 0 Å². The van der Waals surface area contributed by atoms with Gasteiger partial charge in [0.2, 0.25) is 0 Å². The van der Waals surface area contributed by atoms with Crippen molar-refractivity contribution in [2.24, 2.45) is 11.8 Å². The van der Waals surface area contributed by atoms with Gasteiger partial charge in [-0.05, 0) is 74.3 Å². The summed E-state index contributed by atoms with van der Waals surface area (Å²) in [6, 6.07) is 0. The van der Waals surface area contributed by atoms with Gasteiger partial charge in [-0.15, -0.1) is 45.3 Å². The number of aldehydes is 2. The molecule has 8 aromatic rings. The molecule has 0 aliphatic rings. The molecule has 0 saturated carbocycles. The highest BCUT2D eigenvalue weighted by Crippen LogP contribution is 2.55. The zero-order valence-corrected chi connectivity index (χ0v) is 64.2. The van der Waals surface area contributed by atoms with E-state index in [0.717, 1.165) is 59.6 Å². The quantitative estimate of drug-likeness (QED) is 0.0281. The molecule has 7 aromatic heterocycles. The summed E-state index contributed by atoms with van der Waals surface area (Å²) >= 11 is 9.00. The molecule has 0 spiro atoms. The highest BCUT2D eigenvalue weighted by atomic mass is 32.1. The van der Waals surface area contributed by atoms with E-state index in [4.69, 9.17) is 8.75 Å². The van der Waals surface area contributed by atoms with Crippen LogP contribution in [0.5, 0.6) is 0 Å². The summed E-state index contributed by atoms with van der Waals surface area (Å²) in [5, 5.41) is 2.62. The first-order valence-electron chi connectivity index (χ1n) is 39.9. The van der Waals surface area contributed by atoms with Gasteiger partial charge in [-0.2, -0.15) is 8.75 Å². The van der Waals surface area contributed by atoms with E-state index in [2.05, 4.69) is 50.7 Å². The lowest BCUT2D eigenvalue weighted by Crippen LogP contribution is -2.14. The van der Waals surface area contributed by atoms with E-state index >= 15 is 0 Å². The number of benzene rings is 1. The molecule has 0 aliphatic heterocycles. The van der Waals surface area contributed by atoms with Crippen molar-refractivity contribution in [2.45, 2.75) is 389 Å². The van der Waals surface area contributed by atoms with Crippen molar-refractivity contribution in [2.75, 3.05) is 0 Å². The van der Waals surface area contributed by atoms with Gasteiger partial charge in [-0.25, -0.2) is 0 Å². The first kappa shape index (κ1) is 76.1. The van der Waals surface area contributed by atoms with E-state index in [1.54, 1.807) is 22.7 Å². The largest absolute Gasteiger partial charge is 0.337 e. The average Bonchev–Trinajstić information content (AvgIpc) is 1.51. The standard InChI is InChI=1S/C82H130N4O2S5/c1-7-13-19-25-31-35-39-45-51-57-65-67(61-87)89-81-75-79(91-77(65)81)69-71-72(84-93-83-71)70-74(73(69)85(75)59-63(53-47-41-29-23-17-11-5)55-49-43-37-33-27-21-15-9-3)86(60-64(54-48-42-30-24-18-12-6)56-50-44-38-34-28-22-16-10-4)76-80(70)92-78-66(68(62-88)90-82(76)78)58-52-46-40-36-32-26-20-14-8-2/h61-64H,7-60H2,1-6H3. The Morgan fingerprint density at radius 1 is 0.301 bits per heavy atom. The fourth-order valence-corrected chi connectivity index (χ4v) is 22.2. The number of hydrogen-bond acceptors (Lipinski definition) is 9. The van der Waals surface area contributed by atoms with Crippen LogP contribution < -0.4 is 0 Å². The van der Waals surface area contributed by atoms with E-state index < -0.39 is 0 Å². The summed E-state index contributed by atoms with van der Waals surface area (Å²) in [5.74, 6) is 1.09. The summed E-state index contributed by atoms with van der Waals surface area (Å²) in [5.41, 5.74) is 10.3. The molecular weight excluding hydrogens is 1230 g/mol. The molecule has 11 heteroatoms. The molecule has 0 bridgehead atoms. The van der Waals surface area contributed by atoms with Crippen LogP contribution in [0.25, 0.3) is 72.1 Å². The predicted octanol–water partition coefficient (Wildman–Crippen LogP) is 30.0. The van der Waals surface area contributed by atoms with Crippen LogP contribution in [0, 0.1) is 11.8 Å². The topological polar surface area (TPSA) is 69.8 Å². The second kappa shape index (κ2) is 43.6. The van der Waals surface area contributed by atoms with Crippen molar-refractivity contribution < 1.29 is 9.59 Å². The van der Waals surface area contributed by atoms with Gasteiger partial charge in [-0.1, -0.05) is 324 Å². The molecule has 1 aromatic carbocycles. The van der Waals surface area contributed by atoms with Gasteiger partial charge in [0.1, 0.15) is 11.0 Å². The highest BCUT2D eigenvalue weighted by Gasteiger charge is 2.33. The first-order chi connectivity index (χ1) is 46.0. The smallest absolute Gasteiger partial charge is 0.160 e. The van der Waals surface area contributed by atoms with E-state index in [9.17, 15) is 9.59 Å². The Labute approximate surface area is 586 Å². The van der Waals surface area contributed by atoms with Crippen LogP contribution in [-0.4, -0.2) is 30.5 Å². The Morgan fingerprint density at radius 2 is 0.559 bits per heavy atom. The minimum atomic E-state index is 0.547. The zero-order valence-electron chi connectivity index (χ0n) is 60.1. The molecule has 7 heterocycles. The van der Waals surface area contributed by atoms with Crippen molar-refractivity contribution in [1.29, 1.82) is 0 Å². The number of nitrogens with zero attached hydrogens (tertiary/aromatic N) is 4. The van der Waals surface area contributed by atoms with Crippen LogP contribution in [0.4, 0.5) is 0 Å². The van der Waals surface area contributed by atoms with E-state index in [-0.39, 0.29) is 0 Å². The van der Waals surface area contributed by atoms with Crippen LogP contribution in [0.15, 0.2) is 0 Å². The second-order valence-electron chi connectivity index (χ2n) is 29.2.